The van der Waals surface area contributed by atoms with Gasteiger partial charge in [0.1, 0.15) is 26.2 Å². The Balaban J connectivity index is 1.10. The van der Waals surface area contributed by atoms with E-state index in [0.29, 0.717) is 0 Å². The van der Waals surface area contributed by atoms with E-state index in [2.05, 4.69) is 108 Å². The van der Waals surface area contributed by atoms with Crippen LogP contribution in [0, 0.1) is 0 Å². The quantitative estimate of drug-likeness (QED) is 0.246. The van der Waals surface area contributed by atoms with Crippen LogP contribution in [0.5, 0.6) is 0 Å². The highest BCUT2D eigenvalue weighted by atomic mass is 15.4. The monoisotopic (exact) mass is 558 g/mol. The van der Waals surface area contributed by atoms with Gasteiger partial charge in [0.2, 0.25) is 0 Å². The van der Waals surface area contributed by atoms with E-state index in [9.17, 15) is 0 Å². The van der Waals surface area contributed by atoms with E-state index in [-0.39, 0.29) is 0 Å². The largest absolute Gasteiger partial charge is 0.315 e. The Hall–Kier alpha value is -3.28. The molecular weight excluding hydrogens is 512 g/mol. The Labute approximate surface area is 252 Å². The Morgan fingerprint density at radius 1 is 0.357 bits per heavy atom. The van der Waals surface area contributed by atoms with Crippen molar-refractivity contribution in [1.29, 1.82) is 0 Å². The van der Waals surface area contributed by atoms with Crippen LogP contribution in [0.25, 0.3) is 22.3 Å². The van der Waals surface area contributed by atoms with Crippen molar-refractivity contribution < 1.29 is 8.97 Å². The van der Waals surface area contributed by atoms with Gasteiger partial charge in [-0.25, -0.2) is 0 Å². The van der Waals surface area contributed by atoms with Crippen LogP contribution >= 0.6 is 0 Å². The molecule has 4 aromatic carbocycles. The number of nitrogens with zero attached hydrogens (tertiary/aromatic N) is 2. The lowest BCUT2D eigenvalue weighted by Crippen LogP contribution is -2.53. The minimum Gasteiger partial charge on any atom is -0.315 e. The first-order valence-corrected chi connectivity index (χ1v) is 16.2. The Morgan fingerprint density at radius 3 is 1.00 bits per heavy atom. The smallest absolute Gasteiger partial charge is 0.105 e. The van der Waals surface area contributed by atoms with E-state index in [1.807, 2.05) is 0 Å². The van der Waals surface area contributed by atoms with Crippen molar-refractivity contribution in [3.8, 4) is 22.3 Å². The van der Waals surface area contributed by atoms with Crippen LogP contribution in [0.3, 0.4) is 0 Å². The van der Waals surface area contributed by atoms with Crippen LogP contribution in [0.4, 0.5) is 0 Å². The highest BCUT2D eigenvalue weighted by Crippen LogP contribution is 2.37. The molecule has 0 aromatic heterocycles. The lowest BCUT2D eigenvalue weighted by Gasteiger charge is -2.40. The molecule has 216 valence electrons. The number of benzene rings is 4. The number of hydrogen-bond donors (Lipinski definition) is 2. The summed E-state index contributed by atoms with van der Waals surface area (Å²) in [7, 11) is 0. The molecule has 4 nitrogen and oxygen atoms in total. The van der Waals surface area contributed by atoms with E-state index in [4.69, 9.17) is 0 Å². The predicted octanol–water partition coefficient (Wildman–Crippen LogP) is 6.35. The molecule has 3 heterocycles. The summed E-state index contributed by atoms with van der Waals surface area (Å²) < 4.78 is 2.27. The van der Waals surface area contributed by atoms with Crippen molar-refractivity contribution in [2.24, 2.45) is 0 Å². The molecule has 0 unspecified atom stereocenters. The molecule has 3 aliphatic rings. The van der Waals surface area contributed by atoms with Crippen molar-refractivity contribution in [2.45, 2.75) is 39.0 Å². The summed E-state index contributed by atoms with van der Waals surface area (Å²) in [6.07, 6.45) is 2.41. The fourth-order valence-corrected chi connectivity index (χ4v) is 8.06. The number of rotatable bonds is 0. The normalized spacial score (nSPS) is 20.2. The summed E-state index contributed by atoms with van der Waals surface area (Å²) >= 11 is 0. The van der Waals surface area contributed by atoms with Crippen LogP contribution in [-0.2, 0) is 26.2 Å². The number of hydrogen-bond acceptors (Lipinski definition) is 2. The average molecular weight is 559 g/mol. The average Bonchev–Trinajstić information content (AvgIpc) is 3.25. The molecule has 0 amide bonds. The zero-order valence-electron chi connectivity index (χ0n) is 25.0. The number of nitrogens with one attached hydrogen (secondary N) is 2. The van der Waals surface area contributed by atoms with Crippen LogP contribution in [0.1, 0.15) is 35.1 Å². The van der Waals surface area contributed by atoms with Gasteiger partial charge in [-0.3, -0.25) is 0 Å². The summed E-state index contributed by atoms with van der Waals surface area (Å²) in [5.41, 5.74) is 11.8. The molecule has 4 aromatic rings. The third kappa shape index (κ3) is 5.69. The van der Waals surface area contributed by atoms with Gasteiger partial charge < -0.3 is 19.6 Å². The van der Waals surface area contributed by atoms with Gasteiger partial charge in [0.05, 0.1) is 26.2 Å². The zero-order valence-corrected chi connectivity index (χ0v) is 25.0. The van der Waals surface area contributed by atoms with Gasteiger partial charge >= 0.3 is 0 Å². The molecule has 0 aliphatic carbocycles. The fourth-order valence-electron chi connectivity index (χ4n) is 8.06. The summed E-state index contributed by atoms with van der Waals surface area (Å²) in [5, 5.41) is 7.83. The summed E-state index contributed by atoms with van der Waals surface area (Å²) in [6, 6.07) is 36.5. The molecule has 4 heteroatoms. The molecule has 42 heavy (non-hydrogen) atoms. The minimum absolute atomic E-state index is 1.07. The Kier molecular flexibility index (Phi) is 7.96. The lowest BCUT2D eigenvalue weighted by atomic mass is 9.97. The molecule has 2 spiro atoms. The second-order valence-corrected chi connectivity index (χ2v) is 13.0. The van der Waals surface area contributed by atoms with Crippen molar-refractivity contribution in [1.82, 2.24) is 10.6 Å². The number of fused-ring (bicyclic) bond motifs is 6. The minimum atomic E-state index is 1.07. The molecular formula is C38H46N4+2. The molecule has 0 radical (unpaired) electrons. The van der Waals surface area contributed by atoms with E-state index in [0.717, 1.165) is 61.3 Å². The maximum atomic E-state index is 3.91. The lowest BCUT2D eigenvalue weighted by molar-refractivity contribution is -0.953. The molecule has 0 atom stereocenters. The first-order chi connectivity index (χ1) is 20.7. The van der Waals surface area contributed by atoms with Gasteiger partial charge in [0.25, 0.3) is 0 Å². The molecule has 2 N–H and O–H groups in total. The highest BCUT2D eigenvalue weighted by Gasteiger charge is 2.35. The van der Waals surface area contributed by atoms with Gasteiger partial charge in [-0.2, -0.15) is 0 Å². The van der Waals surface area contributed by atoms with Gasteiger partial charge in [-0.15, -0.1) is 0 Å². The topological polar surface area (TPSA) is 24.1 Å². The molecule has 0 bridgehead atoms. The third-order valence-electron chi connectivity index (χ3n) is 10.2. The first kappa shape index (κ1) is 27.5. The van der Waals surface area contributed by atoms with E-state index in [1.165, 1.54) is 83.5 Å². The van der Waals surface area contributed by atoms with Crippen molar-refractivity contribution in [3.05, 3.63) is 119 Å². The summed E-state index contributed by atoms with van der Waals surface area (Å²) in [5.74, 6) is 0. The second-order valence-electron chi connectivity index (χ2n) is 13.0. The Bertz CT molecular complexity index is 1300. The van der Waals surface area contributed by atoms with Crippen LogP contribution in [0.2, 0.25) is 0 Å². The molecule has 0 saturated carbocycles. The molecule has 1 fully saturated rings. The zero-order chi connectivity index (χ0) is 28.2. The third-order valence-corrected chi connectivity index (χ3v) is 10.2. The summed E-state index contributed by atoms with van der Waals surface area (Å²) in [4.78, 5) is 0. The number of quaternary nitrogens is 2. The van der Waals surface area contributed by atoms with Gasteiger partial charge in [-0.05, 0) is 22.3 Å². The maximum Gasteiger partial charge on any atom is 0.105 e. The van der Waals surface area contributed by atoms with Crippen molar-refractivity contribution in [3.63, 3.8) is 0 Å². The van der Waals surface area contributed by atoms with Gasteiger partial charge in [0, 0.05) is 61.3 Å². The van der Waals surface area contributed by atoms with Crippen LogP contribution in [0.15, 0.2) is 97.1 Å². The first-order valence-electron chi connectivity index (χ1n) is 16.2. The van der Waals surface area contributed by atoms with Gasteiger partial charge in [-0.1, -0.05) is 97.1 Å². The fraction of sp³-hybridized carbons (Fsp3) is 0.368. The summed E-state index contributed by atoms with van der Waals surface area (Å²) in [6.45, 7) is 13.5. The van der Waals surface area contributed by atoms with Crippen molar-refractivity contribution >= 4 is 0 Å². The molecule has 1 saturated heterocycles. The van der Waals surface area contributed by atoms with Crippen LogP contribution < -0.4 is 10.6 Å². The van der Waals surface area contributed by atoms with Crippen molar-refractivity contribution in [2.75, 3.05) is 52.4 Å². The predicted molar refractivity (Wildman–Crippen MR) is 174 cm³/mol. The van der Waals surface area contributed by atoms with E-state index >= 15 is 0 Å². The molecule has 7 rings (SSSR count). The van der Waals surface area contributed by atoms with Gasteiger partial charge in [0.15, 0.2) is 0 Å². The van der Waals surface area contributed by atoms with E-state index < -0.39 is 0 Å². The molecule has 3 aliphatic heterocycles. The second kappa shape index (κ2) is 12.1. The maximum absolute atomic E-state index is 3.91. The Morgan fingerprint density at radius 2 is 0.667 bits per heavy atom. The standard InChI is InChI=1S/C38H46N4/c1-5-15-35-31(11-1)27-41(28-32-12-2-6-16-36(32)35)23-9-19-40-22-26-42(24-10-20-39-21-25-41)29-33-13-3-7-17-37(33)38-18-8-4-14-34(38)30-42/h1-8,11-18,39-40H,9-10,19-30H2/q+2. The van der Waals surface area contributed by atoms with E-state index in [1.54, 1.807) is 0 Å². The SMILES string of the molecule is c1ccc2c(c1)C[N+]1(CCCNCC[N+]3(CCCNCC1)Cc1ccccc1-c1ccccc1C3)Cc1ccccc1-2. The van der Waals surface area contributed by atoms with Crippen LogP contribution in [-0.4, -0.2) is 61.3 Å². The highest BCUT2D eigenvalue weighted by molar-refractivity contribution is 5.72.